The molecule has 76 valence electrons. The Kier molecular flexibility index (Phi) is 2.33. The lowest BCUT2D eigenvalue weighted by Gasteiger charge is -2.37. The molecule has 3 nitrogen and oxygen atoms in total. The average molecular weight is 193 g/mol. The van der Waals surface area contributed by atoms with Gasteiger partial charge in [0.25, 0.3) is 0 Å². The third-order valence-corrected chi connectivity index (χ3v) is 2.35. The van der Waals surface area contributed by atoms with E-state index in [4.69, 9.17) is 15.2 Å². The minimum absolute atomic E-state index is 0.185. The quantitative estimate of drug-likeness (QED) is 0.743. The number of nitrogens with two attached hydrogens (primary N) is 1. The monoisotopic (exact) mass is 193 g/mol. The summed E-state index contributed by atoms with van der Waals surface area (Å²) in [5, 5.41) is 0. The van der Waals surface area contributed by atoms with Crippen molar-refractivity contribution in [1.82, 2.24) is 0 Å². The van der Waals surface area contributed by atoms with E-state index < -0.39 is 0 Å². The molecule has 1 aliphatic rings. The Morgan fingerprint density at radius 2 is 2.29 bits per heavy atom. The number of benzene rings is 1. The summed E-state index contributed by atoms with van der Waals surface area (Å²) in [6.45, 7) is 4.42. The maximum absolute atomic E-state index is 5.64. The lowest BCUT2D eigenvalue weighted by Crippen LogP contribution is -2.44. The lowest BCUT2D eigenvalue weighted by molar-refractivity contribution is -0.120. The highest BCUT2D eigenvalue weighted by molar-refractivity contribution is 5.43. The van der Waals surface area contributed by atoms with E-state index in [9.17, 15) is 0 Å². The highest BCUT2D eigenvalue weighted by Gasteiger charge is 2.34. The maximum Gasteiger partial charge on any atom is 0.121 e. The van der Waals surface area contributed by atoms with Gasteiger partial charge in [0.15, 0.2) is 0 Å². The van der Waals surface area contributed by atoms with Gasteiger partial charge in [-0.15, -0.1) is 0 Å². The Balaban J connectivity index is 1.91. The van der Waals surface area contributed by atoms with Crippen LogP contribution in [0.2, 0.25) is 0 Å². The SMILES string of the molecule is CC1(COc2cccc(N)c2)COC1. The molecule has 1 aromatic rings. The van der Waals surface area contributed by atoms with Gasteiger partial charge in [0.05, 0.1) is 19.8 Å². The molecule has 1 heterocycles. The molecular weight excluding hydrogens is 178 g/mol. The van der Waals surface area contributed by atoms with Gasteiger partial charge in [-0.05, 0) is 12.1 Å². The second kappa shape index (κ2) is 3.50. The summed E-state index contributed by atoms with van der Waals surface area (Å²) in [7, 11) is 0. The zero-order valence-electron chi connectivity index (χ0n) is 8.32. The summed E-state index contributed by atoms with van der Waals surface area (Å²) in [5.41, 5.74) is 6.56. The van der Waals surface area contributed by atoms with Gasteiger partial charge < -0.3 is 15.2 Å². The molecule has 0 radical (unpaired) electrons. The molecule has 2 N–H and O–H groups in total. The smallest absolute Gasteiger partial charge is 0.121 e. The fraction of sp³-hybridized carbons (Fsp3) is 0.455. The van der Waals surface area contributed by atoms with Gasteiger partial charge in [0.1, 0.15) is 5.75 Å². The van der Waals surface area contributed by atoms with Crippen LogP contribution in [0.25, 0.3) is 0 Å². The molecule has 0 unspecified atom stereocenters. The Labute approximate surface area is 83.8 Å². The Morgan fingerprint density at radius 1 is 1.50 bits per heavy atom. The summed E-state index contributed by atoms with van der Waals surface area (Å²) in [6, 6.07) is 7.49. The van der Waals surface area contributed by atoms with E-state index in [0.29, 0.717) is 6.61 Å². The van der Waals surface area contributed by atoms with Crippen molar-refractivity contribution in [3.63, 3.8) is 0 Å². The summed E-state index contributed by atoms with van der Waals surface area (Å²) >= 11 is 0. The van der Waals surface area contributed by atoms with Gasteiger partial charge in [0.2, 0.25) is 0 Å². The van der Waals surface area contributed by atoms with Crippen LogP contribution in [0.3, 0.4) is 0 Å². The van der Waals surface area contributed by atoms with E-state index in [1.165, 1.54) is 0 Å². The van der Waals surface area contributed by atoms with Crippen LogP contribution in [0.5, 0.6) is 5.75 Å². The van der Waals surface area contributed by atoms with E-state index in [0.717, 1.165) is 24.7 Å². The third-order valence-electron chi connectivity index (χ3n) is 2.35. The molecule has 1 aromatic carbocycles. The van der Waals surface area contributed by atoms with Crippen molar-refractivity contribution in [2.75, 3.05) is 25.6 Å². The summed E-state index contributed by atoms with van der Waals surface area (Å²) in [4.78, 5) is 0. The number of hydrogen-bond donors (Lipinski definition) is 1. The number of anilines is 1. The maximum atomic E-state index is 5.64. The normalized spacial score (nSPS) is 18.6. The van der Waals surface area contributed by atoms with Crippen LogP contribution in [0, 0.1) is 5.41 Å². The number of nitrogen functional groups attached to an aromatic ring is 1. The lowest BCUT2D eigenvalue weighted by atomic mass is 9.90. The van der Waals surface area contributed by atoms with Gasteiger partial charge in [0, 0.05) is 17.2 Å². The first-order valence-electron chi connectivity index (χ1n) is 4.74. The molecule has 2 rings (SSSR count). The Hall–Kier alpha value is -1.22. The van der Waals surface area contributed by atoms with Crippen LogP contribution in [-0.2, 0) is 4.74 Å². The average Bonchev–Trinajstić information content (AvgIpc) is 2.12. The second-order valence-corrected chi connectivity index (χ2v) is 4.16. The first-order chi connectivity index (χ1) is 6.68. The van der Waals surface area contributed by atoms with Crippen LogP contribution in [0.4, 0.5) is 5.69 Å². The largest absolute Gasteiger partial charge is 0.493 e. The molecule has 1 saturated heterocycles. The molecule has 0 aromatic heterocycles. The molecule has 3 heteroatoms. The van der Waals surface area contributed by atoms with E-state index in [-0.39, 0.29) is 5.41 Å². The van der Waals surface area contributed by atoms with Gasteiger partial charge in [-0.2, -0.15) is 0 Å². The third kappa shape index (κ3) is 1.99. The first kappa shape index (κ1) is 9.34. The molecule has 0 amide bonds. The highest BCUT2D eigenvalue weighted by atomic mass is 16.5. The van der Waals surface area contributed by atoms with E-state index in [1.54, 1.807) is 0 Å². The minimum Gasteiger partial charge on any atom is -0.493 e. The topological polar surface area (TPSA) is 44.5 Å². The number of rotatable bonds is 3. The number of ether oxygens (including phenoxy) is 2. The fourth-order valence-corrected chi connectivity index (χ4v) is 1.40. The summed E-state index contributed by atoms with van der Waals surface area (Å²) in [5.74, 6) is 0.832. The molecule has 1 fully saturated rings. The summed E-state index contributed by atoms with van der Waals surface area (Å²) < 4.78 is 10.8. The molecule has 0 spiro atoms. The predicted octanol–water partition coefficient (Wildman–Crippen LogP) is 1.68. The molecule has 0 aliphatic carbocycles. The molecule has 0 bridgehead atoms. The summed E-state index contributed by atoms with van der Waals surface area (Å²) in [6.07, 6.45) is 0. The van der Waals surface area contributed by atoms with Crippen LogP contribution in [-0.4, -0.2) is 19.8 Å². The van der Waals surface area contributed by atoms with Crippen molar-refractivity contribution in [2.45, 2.75) is 6.92 Å². The van der Waals surface area contributed by atoms with E-state index in [2.05, 4.69) is 6.92 Å². The molecular formula is C11H15NO2. The van der Waals surface area contributed by atoms with Gasteiger partial charge in [-0.1, -0.05) is 13.0 Å². The van der Waals surface area contributed by atoms with Crippen LogP contribution >= 0.6 is 0 Å². The Morgan fingerprint density at radius 3 is 2.86 bits per heavy atom. The van der Waals surface area contributed by atoms with Crippen molar-refractivity contribution in [2.24, 2.45) is 5.41 Å². The molecule has 0 saturated carbocycles. The highest BCUT2D eigenvalue weighted by Crippen LogP contribution is 2.27. The standard InChI is InChI=1S/C11H15NO2/c1-11(6-13-7-11)8-14-10-4-2-3-9(12)5-10/h2-5H,6-8,12H2,1H3. The van der Waals surface area contributed by atoms with E-state index >= 15 is 0 Å². The van der Waals surface area contributed by atoms with Crippen LogP contribution in [0.1, 0.15) is 6.92 Å². The second-order valence-electron chi connectivity index (χ2n) is 4.16. The van der Waals surface area contributed by atoms with Crippen molar-refractivity contribution in [3.8, 4) is 5.75 Å². The zero-order chi connectivity index (χ0) is 10.0. The molecule has 1 aliphatic heterocycles. The fourth-order valence-electron chi connectivity index (χ4n) is 1.40. The zero-order valence-corrected chi connectivity index (χ0v) is 8.32. The van der Waals surface area contributed by atoms with Gasteiger partial charge in [-0.25, -0.2) is 0 Å². The number of hydrogen-bond acceptors (Lipinski definition) is 3. The van der Waals surface area contributed by atoms with Gasteiger partial charge >= 0.3 is 0 Å². The molecule has 14 heavy (non-hydrogen) atoms. The van der Waals surface area contributed by atoms with E-state index in [1.807, 2.05) is 24.3 Å². The van der Waals surface area contributed by atoms with Crippen LogP contribution < -0.4 is 10.5 Å². The van der Waals surface area contributed by atoms with Crippen molar-refractivity contribution < 1.29 is 9.47 Å². The minimum atomic E-state index is 0.185. The van der Waals surface area contributed by atoms with Crippen molar-refractivity contribution >= 4 is 5.69 Å². The predicted molar refractivity (Wildman–Crippen MR) is 55.3 cm³/mol. The Bertz CT molecular complexity index is 321. The first-order valence-corrected chi connectivity index (χ1v) is 4.74. The van der Waals surface area contributed by atoms with Crippen LogP contribution in [0.15, 0.2) is 24.3 Å². The molecule has 0 atom stereocenters. The van der Waals surface area contributed by atoms with Crippen molar-refractivity contribution in [1.29, 1.82) is 0 Å². The van der Waals surface area contributed by atoms with Gasteiger partial charge in [-0.3, -0.25) is 0 Å². The van der Waals surface area contributed by atoms with Crippen molar-refractivity contribution in [3.05, 3.63) is 24.3 Å².